The number of nitrogens with zero attached hydrogens (tertiary/aromatic N) is 1. The summed E-state index contributed by atoms with van der Waals surface area (Å²) in [6.45, 7) is 0.774. The largest absolute Gasteiger partial charge is 0.445 e. The Labute approximate surface area is 148 Å². The standard InChI is InChI=1S/C22H21NO2/c1-23(17-20-14-7-13-19-12-5-6-15-21(19)20)22(24)25-16-8-11-18-9-3-2-4-10-18/h2-15H,16-17H2,1H3. The molecule has 0 spiro atoms. The Balaban J connectivity index is 1.56. The van der Waals surface area contributed by atoms with E-state index in [0.717, 1.165) is 16.5 Å². The molecular weight excluding hydrogens is 310 g/mol. The molecule has 0 aromatic heterocycles. The lowest BCUT2D eigenvalue weighted by Gasteiger charge is -2.17. The number of carbonyl (C=O) groups is 1. The molecule has 3 aromatic rings. The molecule has 0 aliphatic carbocycles. The van der Waals surface area contributed by atoms with Gasteiger partial charge in [-0.15, -0.1) is 0 Å². The third kappa shape index (κ3) is 4.48. The van der Waals surface area contributed by atoms with E-state index in [9.17, 15) is 4.79 Å². The lowest BCUT2D eigenvalue weighted by atomic mass is 10.0. The summed E-state index contributed by atoms with van der Waals surface area (Å²) < 4.78 is 5.31. The molecule has 0 saturated carbocycles. The maximum Gasteiger partial charge on any atom is 0.410 e. The molecule has 1 amide bonds. The molecule has 3 nitrogen and oxygen atoms in total. The summed E-state index contributed by atoms with van der Waals surface area (Å²) in [5.74, 6) is 0. The quantitative estimate of drug-likeness (QED) is 0.649. The Morgan fingerprint density at radius 3 is 2.52 bits per heavy atom. The second-order valence-electron chi connectivity index (χ2n) is 5.88. The van der Waals surface area contributed by atoms with Crippen LogP contribution in [0.2, 0.25) is 0 Å². The molecule has 0 aliphatic heterocycles. The summed E-state index contributed by atoms with van der Waals surface area (Å²) >= 11 is 0. The Morgan fingerprint density at radius 2 is 1.68 bits per heavy atom. The van der Waals surface area contributed by atoms with E-state index in [1.165, 1.54) is 5.39 Å². The van der Waals surface area contributed by atoms with E-state index >= 15 is 0 Å². The van der Waals surface area contributed by atoms with E-state index in [0.29, 0.717) is 6.54 Å². The molecule has 126 valence electrons. The van der Waals surface area contributed by atoms with Crippen molar-refractivity contribution in [1.82, 2.24) is 4.90 Å². The van der Waals surface area contributed by atoms with Crippen molar-refractivity contribution in [1.29, 1.82) is 0 Å². The number of rotatable bonds is 5. The number of benzene rings is 3. The fraction of sp³-hybridized carbons (Fsp3) is 0.136. The number of hydrogen-bond donors (Lipinski definition) is 0. The van der Waals surface area contributed by atoms with Crippen LogP contribution in [0, 0.1) is 0 Å². The van der Waals surface area contributed by atoms with Crippen molar-refractivity contribution in [2.24, 2.45) is 0 Å². The minimum absolute atomic E-state index is 0.258. The summed E-state index contributed by atoms with van der Waals surface area (Å²) in [7, 11) is 1.75. The van der Waals surface area contributed by atoms with Gasteiger partial charge in [0.05, 0.1) is 0 Å². The lowest BCUT2D eigenvalue weighted by Crippen LogP contribution is -2.27. The van der Waals surface area contributed by atoms with Crippen LogP contribution in [0.25, 0.3) is 16.8 Å². The first-order chi connectivity index (χ1) is 12.2. The predicted molar refractivity (Wildman–Crippen MR) is 102 cm³/mol. The lowest BCUT2D eigenvalue weighted by molar-refractivity contribution is 0.120. The average Bonchev–Trinajstić information content (AvgIpc) is 2.66. The number of carbonyl (C=O) groups excluding carboxylic acids is 1. The van der Waals surface area contributed by atoms with Gasteiger partial charge in [-0.25, -0.2) is 4.79 Å². The summed E-state index contributed by atoms with van der Waals surface area (Å²) in [5, 5.41) is 2.33. The van der Waals surface area contributed by atoms with Crippen LogP contribution in [0.15, 0.2) is 78.9 Å². The summed E-state index contributed by atoms with van der Waals surface area (Å²) in [4.78, 5) is 13.8. The van der Waals surface area contributed by atoms with E-state index in [1.807, 2.05) is 66.7 Å². The van der Waals surface area contributed by atoms with E-state index in [1.54, 1.807) is 11.9 Å². The topological polar surface area (TPSA) is 29.5 Å². The third-order valence-electron chi connectivity index (χ3n) is 4.01. The molecule has 3 aromatic carbocycles. The Hall–Kier alpha value is -3.07. The van der Waals surface area contributed by atoms with Crippen molar-refractivity contribution in [3.63, 3.8) is 0 Å². The van der Waals surface area contributed by atoms with Gasteiger partial charge in [-0.3, -0.25) is 0 Å². The van der Waals surface area contributed by atoms with Gasteiger partial charge in [-0.05, 0) is 28.0 Å². The number of hydrogen-bond acceptors (Lipinski definition) is 2. The fourth-order valence-electron chi connectivity index (χ4n) is 2.73. The normalized spacial score (nSPS) is 10.9. The minimum atomic E-state index is -0.328. The van der Waals surface area contributed by atoms with E-state index in [-0.39, 0.29) is 12.7 Å². The van der Waals surface area contributed by atoms with Gasteiger partial charge in [-0.1, -0.05) is 78.9 Å². The number of fused-ring (bicyclic) bond motifs is 1. The average molecular weight is 331 g/mol. The fourth-order valence-corrected chi connectivity index (χ4v) is 2.73. The Kier molecular flexibility index (Phi) is 5.47. The second kappa shape index (κ2) is 8.15. The van der Waals surface area contributed by atoms with Crippen LogP contribution in [-0.2, 0) is 11.3 Å². The molecule has 0 atom stereocenters. The van der Waals surface area contributed by atoms with Gasteiger partial charge >= 0.3 is 6.09 Å². The Bertz CT molecular complexity index is 866. The molecule has 0 fully saturated rings. The van der Waals surface area contributed by atoms with Crippen molar-refractivity contribution in [3.05, 3.63) is 90.0 Å². The van der Waals surface area contributed by atoms with Gasteiger partial charge in [0.15, 0.2) is 0 Å². The van der Waals surface area contributed by atoms with Crippen molar-refractivity contribution in [2.75, 3.05) is 13.7 Å². The van der Waals surface area contributed by atoms with Crippen molar-refractivity contribution in [2.45, 2.75) is 6.54 Å². The molecule has 0 N–H and O–H groups in total. The van der Waals surface area contributed by atoms with Crippen LogP contribution in [0.5, 0.6) is 0 Å². The monoisotopic (exact) mass is 331 g/mol. The van der Waals surface area contributed by atoms with Crippen LogP contribution >= 0.6 is 0 Å². The summed E-state index contributed by atoms with van der Waals surface area (Å²) in [6.07, 6.45) is 3.46. The molecule has 0 heterocycles. The highest BCUT2D eigenvalue weighted by Crippen LogP contribution is 2.19. The molecule has 0 aliphatic rings. The molecule has 0 unspecified atom stereocenters. The van der Waals surface area contributed by atoms with Gasteiger partial charge < -0.3 is 9.64 Å². The van der Waals surface area contributed by atoms with Crippen LogP contribution < -0.4 is 0 Å². The van der Waals surface area contributed by atoms with E-state index in [2.05, 4.69) is 18.2 Å². The molecule has 0 bridgehead atoms. The molecule has 0 radical (unpaired) electrons. The number of ether oxygens (including phenoxy) is 1. The third-order valence-corrected chi connectivity index (χ3v) is 4.01. The zero-order valence-electron chi connectivity index (χ0n) is 14.3. The highest BCUT2D eigenvalue weighted by molar-refractivity contribution is 5.85. The molecule has 25 heavy (non-hydrogen) atoms. The van der Waals surface area contributed by atoms with E-state index < -0.39 is 0 Å². The zero-order chi connectivity index (χ0) is 17.5. The Morgan fingerprint density at radius 1 is 0.960 bits per heavy atom. The second-order valence-corrected chi connectivity index (χ2v) is 5.88. The predicted octanol–water partition coefficient (Wildman–Crippen LogP) is 5.12. The SMILES string of the molecule is CN(Cc1cccc2ccccc12)C(=O)OCC=Cc1ccccc1. The van der Waals surface area contributed by atoms with Crippen LogP contribution in [0.3, 0.4) is 0 Å². The van der Waals surface area contributed by atoms with Gasteiger partial charge in [0.1, 0.15) is 6.61 Å². The van der Waals surface area contributed by atoms with Crippen LogP contribution in [-0.4, -0.2) is 24.6 Å². The van der Waals surface area contributed by atoms with Gasteiger partial charge in [0.25, 0.3) is 0 Å². The zero-order valence-corrected chi connectivity index (χ0v) is 14.3. The first kappa shape index (κ1) is 16.8. The summed E-state index contributed by atoms with van der Waals surface area (Å²) in [5.41, 5.74) is 2.19. The summed E-state index contributed by atoms with van der Waals surface area (Å²) in [6, 6.07) is 24.2. The smallest absolute Gasteiger partial charge is 0.410 e. The molecule has 0 saturated heterocycles. The number of amides is 1. The van der Waals surface area contributed by atoms with Crippen molar-refractivity contribution in [3.8, 4) is 0 Å². The molecule has 3 heteroatoms. The van der Waals surface area contributed by atoms with E-state index in [4.69, 9.17) is 4.74 Å². The highest BCUT2D eigenvalue weighted by atomic mass is 16.6. The maximum absolute atomic E-state index is 12.2. The van der Waals surface area contributed by atoms with Crippen molar-refractivity contribution >= 4 is 22.9 Å². The van der Waals surface area contributed by atoms with Gasteiger partial charge in [-0.2, -0.15) is 0 Å². The van der Waals surface area contributed by atoms with Crippen molar-refractivity contribution < 1.29 is 9.53 Å². The van der Waals surface area contributed by atoms with Gasteiger partial charge in [0, 0.05) is 13.6 Å². The maximum atomic E-state index is 12.2. The minimum Gasteiger partial charge on any atom is -0.445 e. The van der Waals surface area contributed by atoms with Gasteiger partial charge in [0.2, 0.25) is 0 Å². The molecule has 3 rings (SSSR count). The van der Waals surface area contributed by atoms with Crippen LogP contribution in [0.4, 0.5) is 4.79 Å². The first-order valence-corrected chi connectivity index (χ1v) is 8.30. The van der Waals surface area contributed by atoms with Crippen LogP contribution in [0.1, 0.15) is 11.1 Å². The first-order valence-electron chi connectivity index (χ1n) is 8.30. The highest BCUT2D eigenvalue weighted by Gasteiger charge is 2.11. The molecular formula is C22H21NO2.